The van der Waals surface area contributed by atoms with Crippen LogP contribution >= 0.6 is 0 Å². The highest BCUT2D eigenvalue weighted by Gasteiger charge is 2.05. The first-order chi connectivity index (χ1) is 10.6. The number of halogens is 1. The van der Waals surface area contributed by atoms with Gasteiger partial charge in [-0.15, -0.1) is 0 Å². The number of rotatable bonds is 7. The lowest BCUT2D eigenvalue weighted by Crippen LogP contribution is -2.16. The molecule has 0 spiro atoms. The fourth-order valence-electron chi connectivity index (χ4n) is 2.09. The van der Waals surface area contributed by atoms with Gasteiger partial charge in [-0.25, -0.2) is 9.37 Å². The maximum Gasteiger partial charge on any atom is 0.224 e. The largest absolute Gasteiger partial charge is 0.367 e. The van der Waals surface area contributed by atoms with Crippen molar-refractivity contribution in [2.24, 2.45) is 0 Å². The Labute approximate surface area is 131 Å². The fourth-order valence-corrected chi connectivity index (χ4v) is 2.09. The van der Waals surface area contributed by atoms with Gasteiger partial charge in [-0.3, -0.25) is 0 Å². The molecule has 0 aliphatic carbocycles. The van der Waals surface area contributed by atoms with Crippen LogP contribution in [0.3, 0.4) is 0 Å². The summed E-state index contributed by atoms with van der Waals surface area (Å²) in [5.41, 5.74) is 1.59. The molecule has 0 fully saturated rings. The van der Waals surface area contributed by atoms with E-state index in [4.69, 9.17) is 0 Å². The van der Waals surface area contributed by atoms with Gasteiger partial charge in [0.2, 0.25) is 5.95 Å². The Morgan fingerprint density at radius 1 is 1.23 bits per heavy atom. The molecule has 0 aliphatic heterocycles. The Hall–Kier alpha value is -2.17. The maximum atomic E-state index is 13.6. The number of anilines is 2. The molecule has 1 atom stereocenters. The highest BCUT2D eigenvalue weighted by molar-refractivity contribution is 5.42. The first-order valence-electron chi connectivity index (χ1n) is 7.68. The van der Waals surface area contributed by atoms with Crippen LogP contribution in [0.4, 0.5) is 16.2 Å². The minimum Gasteiger partial charge on any atom is -0.367 e. The van der Waals surface area contributed by atoms with Gasteiger partial charge < -0.3 is 10.6 Å². The molecular weight excluding hydrogens is 279 g/mol. The molecule has 1 aromatic carbocycles. The first-order valence-corrected chi connectivity index (χ1v) is 7.68. The van der Waals surface area contributed by atoms with Gasteiger partial charge in [0.05, 0.1) is 0 Å². The van der Waals surface area contributed by atoms with Gasteiger partial charge in [0.1, 0.15) is 11.6 Å². The van der Waals surface area contributed by atoms with E-state index in [9.17, 15) is 4.39 Å². The Bertz CT molecular complexity index is 615. The Kier molecular flexibility index (Phi) is 5.69. The Morgan fingerprint density at radius 3 is 2.73 bits per heavy atom. The zero-order valence-electron chi connectivity index (χ0n) is 13.4. The van der Waals surface area contributed by atoms with Crippen molar-refractivity contribution in [3.05, 3.63) is 47.4 Å². The van der Waals surface area contributed by atoms with Gasteiger partial charge in [0.25, 0.3) is 0 Å². The predicted molar refractivity (Wildman–Crippen MR) is 88.7 cm³/mol. The zero-order valence-corrected chi connectivity index (χ0v) is 13.4. The van der Waals surface area contributed by atoms with Crippen molar-refractivity contribution >= 4 is 11.8 Å². The summed E-state index contributed by atoms with van der Waals surface area (Å²) in [7, 11) is 0. The molecule has 5 heteroatoms. The Balaban J connectivity index is 1.96. The van der Waals surface area contributed by atoms with E-state index in [1.807, 2.05) is 19.1 Å². The number of hydrogen-bond acceptors (Lipinski definition) is 4. The van der Waals surface area contributed by atoms with Gasteiger partial charge in [-0.1, -0.05) is 25.1 Å². The lowest BCUT2D eigenvalue weighted by Gasteiger charge is -2.14. The number of nitrogens with zero attached hydrogens (tertiary/aromatic N) is 2. The second-order valence-electron chi connectivity index (χ2n) is 5.44. The molecule has 0 amide bonds. The average molecular weight is 302 g/mol. The number of hydrogen-bond donors (Lipinski definition) is 2. The third kappa shape index (κ3) is 4.69. The van der Waals surface area contributed by atoms with Gasteiger partial charge >= 0.3 is 0 Å². The first kappa shape index (κ1) is 16.2. The molecule has 1 unspecified atom stereocenters. The van der Waals surface area contributed by atoms with E-state index < -0.39 is 0 Å². The van der Waals surface area contributed by atoms with Crippen LogP contribution in [0.2, 0.25) is 0 Å². The molecular formula is C17H23FN4. The smallest absolute Gasteiger partial charge is 0.224 e. The van der Waals surface area contributed by atoms with Crippen molar-refractivity contribution in [2.45, 2.75) is 39.7 Å². The SMILES string of the molecule is CCC(C)Nc1cc(C)nc(NCCc2ccccc2F)n1. The van der Waals surface area contributed by atoms with Crippen LogP contribution in [0.1, 0.15) is 31.5 Å². The molecule has 0 aliphatic rings. The molecule has 2 rings (SSSR count). The topological polar surface area (TPSA) is 49.8 Å². The summed E-state index contributed by atoms with van der Waals surface area (Å²) in [6, 6.07) is 9.10. The van der Waals surface area contributed by atoms with E-state index in [0.29, 0.717) is 30.5 Å². The molecule has 0 bridgehead atoms. The van der Waals surface area contributed by atoms with Gasteiger partial charge in [0, 0.05) is 24.3 Å². The quantitative estimate of drug-likeness (QED) is 0.817. The van der Waals surface area contributed by atoms with Crippen molar-refractivity contribution in [1.29, 1.82) is 0 Å². The van der Waals surface area contributed by atoms with E-state index in [0.717, 1.165) is 17.9 Å². The monoisotopic (exact) mass is 302 g/mol. The summed E-state index contributed by atoms with van der Waals surface area (Å²) < 4.78 is 13.6. The Morgan fingerprint density at radius 2 is 2.00 bits per heavy atom. The second kappa shape index (κ2) is 7.73. The molecule has 1 aromatic heterocycles. The maximum absolute atomic E-state index is 13.6. The molecule has 0 radical (unpaired) electrons. The molecule has 0 saturated heterocycles. The number of aryl methyl sites for hydroxylation is 1. The van der Waals surface area contributed by atoms with Gasteiger partial charge in [0.15, 0.2) is 0 Å². The number of nitrogens with one attached hydrogen (secondary N) is 2. The van der Waals surface area contributed by atoms with Crippen molar-refractivity contribution < 1.29 is 4.39 Å². The summed E-state index contributed by atoms with van der Waals surface area (Å²) in [6.45, 7) is 6.76. The third-order valence-electron chi connectivity index (χ3n) is 3.50. The van der Waals surface area contributed by atoms with Crippen LogP contribution in [-0.2, 0) is 6.42 Å². The molecule has 118 valence electrons. The molecule has 2 aromatic rings. The van der Waals surface area contributed by atoms with Crippen molar-refractivity contribution in [3.63, 3.8) is 0 Å². The van der Waals surface area contributed by atoms with E-state index in [1.165, 1.54) is 6.07 Å². The summed E-state index contributed by atoms with van der Waals surface area (Å²) in [5.74, 6) is 1.21. The van der Waals surface area contributed by atoms with E-state index in [1.54, 1.807) is 12.1 Å². The number of aromatic nitrogens is 2. The van der Waals surface area contributed by atoms with E-state index in [2.05, 4.69) is 34.4 Å². The summed E-state index contributed by atoms with van der Waals surface area (Å²) in [5, 5.41) is 6.50. The van der Waals surface area contributed by atoms with E-state index >= 15 is 0 Å². The third-order valence-corrected chi connectivity index (χ3v) is 3.50. The minimum atomic E-state index is -0.173. The van der Waals surface area contributed by atoms with Crippen LogP contribution in [0.5, 0.6) is 0 Å². The molecule has 0 saturated carbocycles. The van der Waals surface area contributed by atoms with Crippen LogP contribution in [0, 0.1) is 12.7 Å². The van der Waals surface area contributed by atoms with Crippen molar-refractivity contribution in [1.82, 2.24) is 9.97 Å². The lowest BCUT2D eigenvalue weighted by molar-refractivity contribution is 0.610. The van der Waals surface area contributed by atoms with Crippen molar-refractivity contribution in [3.8, 4) is 0 Å². The fraction of sp³-hybridized carbons (Fsp3) is 0.412. The van der Waals surface area contributed by atoms with E-state index in [-0.39, 0.29) is 5.82 Å². The van der Waals surface area contributed by atoms with Crippen LogP contribution < -0.4 is 10.6 Å². The molecule has 1 heterocycles. The molecule has 4 nitrogen and oxygen atoms in total. The van der Waals surface area contributed by atoms with Crippen LogP contribution in [-0.4, -0.2) is 22.6 Å². The highest BCUT2D eigenvalue weighted by atomic mass is 19.1. The standard InChI is InChI=1S/C17H23FN4/c1-4-12(2)20-16-11-13(3)21-17(22-16)19-10-9-14-7-5-6-8-15(14)18/h5-8,11-12H,4,9-10H2,1-3H3,(H2,19,20,21,22). The highest BCUT2D eigenvalue weighted by Crippen LogP contribution is 2.12. The molecule has 22 heavy (non-hydrogen) atoms. The van der Waals surface area contributed by atoms with Crippen LogP contribution in [0.25, 0.3) is 0 Å². The lowest BCUT2D eigenvalue weighted by atomic mass is 10.1. The van der Waals surface area contributed by atoms with Gasteiger partial charge in [-0.05, 0) is 38.3 Å². The molecule has 2 N–H and O–H groups in total. The average Bonchev–Trinajstić information content (AvgIpc) is 2.48. The minimum absolute atomic E-state index is 0.173. The number of benzene rings is 1. The van der Waals surface area contributed by atoms with Crippen molar-refractivity contribution in [2.75, 3.05) is 17.2 Å². The van der Waals surface area contributed by atoms with Crippen LogP contribution in [0.15, 0.2) is 30.3 Å². The zero-order chi connectivity index (χ0) is 15.9. The summed E-state index contributed by atoms with van der Waals surface area (Å²) in [6.07, 6.45) is 1.62. The normalized spacial score (nSPS) is 12.0. The van der Waals surface area contributed by atoms with Gasteiger partial charge in [-0.2, -0.15) is 4.98 Å². The summed E-state index contributed by atoms with van der Waals surface area (Å²) >= 11 is 0. The summed E-state index contributed by atoms with van der Waals surface area (Å²) in [4.78, 5) is 8.81. The second-order valence-corrected chi connectivity index (χ2v) is 5.44. The predicted octanol–water partition coefficient (Wildman–Crippen LogP) is 3.79.